The Hall–Kier alpha value is -2.30. The van der Waals surface area contributed by atoms with Crippen molar-refractivity contribution in [3.63, 3.8) is 0 Å². The number of hydrogen-bond acceptors (Lipinski definition) is 3. The molecule has 1 aliphatic heterocycles. The van der Waals surface area contributed by atoms with E-state index in [1.807, 2.05) is 37.3 Å². The number of nitrogens with one attached hydrogen (secondary N) is 1. The average Bonchev–Trinajstić information content (AvgIpc) is 2.91. The summed E-state index contributed by atoms with van der Waals surface area (Å²) in [7, 11) is 0. The van der Waals surface area contributed by atoms with Crippen molar-refractivity contribution >= 4 is 17.7 Å². The summed E-state index contributed by atoms with van der Waals surface area (Å²) in [5.41, 5.74) is 2.46. The first kappa shape index (κ1) is 15.1. The van der Waals surface area contributed by atoms with Gasteiger partial charge in [0.25, 0.3) is 0 Å². The zero-order valence-corrected chi connectivity index (χ0v) is 12.4. The minimum atomic E-state index is -0.321. The Kier molecular flexibility index (Phi) is 4.98. The molecule has 21 heavy (non-hydrogen) atoms. The van der Waals surface area contributed by atoms with E-state index in [0.29, 0.717) is 19.7 Å². The SMILES string of the molecule is CCC=C(C)C(=O)NCc1cccc(N2CCOC2=O)c1. The van der Waals surface area contributed by atoms with E-state index in [-0.39, 0.29) is 12.0 Å². The van der Waals surface area contributed by atoms with Crippen LogP contribution in [0, 0.1) is 0 Å². The van der Waals surface area contributed by atoms with E-state index in [4.69, 9.17) is 4.74 Å². The van der Waals surface area contributed by atoms with E-state index in [9.17, 15) is 9.59 Å². The van der Waals surface area contributed by atoms with Gasteiger partial charge in [-0.3, -0.25) is 9.69 Å². The van der Waals surface area contributed by atoms with E-state index < -0.39 is 0 Å². The quantitative estimate of drug-likeness (QED) is 0.847. The van der Waals surface area contributed by atoms with Gasteiger partial charge in [0.1, 0.15) is 6.61 Å². The van der Waals surface area contributed by atoms with Gasteiger partial charge < -0.3 is 10.1 Å². The fourth-order valence-electron chi connectivity index (χ4n) is 2.18. The number of allylic oxidation sites excluding steroid dienone is 1. The van der Waals surface area contributed by atoms with Crippen molar-refractivity contribution < 1.29 is 14.3 Å². The van der Waals surface area contributed by atoms with Crippen molar-refractivity contribution in [2.75, 3.05) is 18.1 Å². The Balaban J connectivity index is 2.00. The molecule has 112 valence electrons. The minimum absolute atomic E-state index is 0.0668. The molecule has 5 heteroatoms. The molecule has 0 aliphatic carbocycles. The number of rotatable bonds is 5. The zero-order chi connectivity index (χ0) is 15.2. The van der Waals surface area contributed by atoms with Crippen LogP contribution in [0.3, 0.4) is 0 Å². The highest BCUT2D eigenvalue weighted by Crippen LogP contribution is 2.19. The van der Waals surface area contributed by atoms with Gasteiger partial charge in [-0.2, -0.15) is 0 Å². The van der Waals surface area contributed by atoms with Crippen molar-refractivity contribution in [1.29, 1.82) is 0 Å². The molecule has 0 aromatic heterocycles. The fraction of sp³-hybridized carbons (Fsp3) is 0.375. The number of benzene rings is 1. The van der Waals surface area contributed by atoms with Crippen LogP contribution in [0.25, 0.3) is 0 Å². The maximum absolute atomic E-state index is 11.8. The molecule has 0 bridgehead atoms. The number of cyclic esters (lactones) is 1. The van der Waals surface area contributed by atoms with Crippen LogP contribution in [0.1, 0.15) is 25.8 Å². The van der Waals surface area contributed by atoms with Crippen LogP contribution in [0.15, 0.2) is 35.9 Å². The highest BCUT2D eigenvalue weighted by atomic mass is 16.6. The zero-order valence-electron chi connectivity index (χ0n) is 12.4. The molecule has 2 amide bonds. The molecule has 2 rings (SSSR count). The lowest BCUT2D eigenvalue weighted by atomic mass is 10.1. The molecular weight excluding hydrogens is 268 g/mol. The van der Waals surface area contributed by atoms with Crippen LogP contribution in [-0.4, -0.2) is 25.2 Å². The topological polar surface area (TPSA) is 58.6 Å². The van der Waals surface area contributed by atoms with Crippen LogP contribution in [0.4, 0.5) is 10.5 Å². The summed E-state index contributed by atoms with van der Waals surface area (Å²) in [5, 5.41) is 2.87. The van der Waals surface area contributed by atoms with E-state index in [1.54, 1.807) is 11.8 Å². The second-order valence-corrected chi connectivity index (χ2v) is 4.91. The predicted molar refractivity (Wildman–Crippen MR) is 81.0 cm³/mol. The lowest BCUT2D eigenvalue weighted by Gasteiger charge is -2.14. The summed E-state index contributed by atoms with van der Waals surface area (Å²) in [6.45, 7) is 5.21. The first-order chi connectivity index (χ1) is 10.1. The van der Waals surface area contributed by atoms with Crippen LogP contribution in [0.5, 0.6) is 0 Å². The molecule has 0 atom stereocenters. The van der Waals surface area contributed by atoms with Crippen molar-refractivity contribution in [1.82, 2.24) is 5.32 Å². The van der Waals surface area contributed by atoms with Gasteiger partial charge >= 0.3 is 6.09 Å². The first-order valence-electron chi connectivity index (χ1n) is 7.10. The Morgan fingerprint density at radius 2 is 2.29 bits per heavy atom. The number of anilines is 1. The third-order valence-corrected chi connectivity index (χ3v) is 3.30. The average molecular weight is 288 g/mol. The van der Waals surface area contributed by atoms with Crippen LogP contribution >= 0.6 is 0 Å². The fourth-order valence-corrected chi connectivity index (χ4v) is 2.18. The van der Waals surface area contributed by atoms with Gasteiger partial charge in [0.2, 0.25) is 5.91 Å². The van der Waals surface area contributed by atoms with Crippen LogP contribution in [0.2, 0.25) is 0 Å². The molecule has 1 aromatic carbocycles. The van der Waals surface area contributed by atoms with Gasteiger partial charge in [0.05, 0.1) is 6.54 Å². The molecule has 0 saturated carbocycles. The maximum atomic E-state index is 11.8. The number of amides is 2. The Morgan fingerprint density at radius 3 is 2.95 bits per heavy atom. The molecule has 5 nitrogen and oxygen atoms in total. The summed E-state index contributed by atoms with van der Waals surface area (Å²) >= 11 is 0. The summed E-state index contributed by atoms with van der Waals surface area (Å²) in [6.07, 6.45) is 2.41. The van der Waals surface area contributed by atoms with E-state index >= 15 is 0 Å². The van der Waals surface area contributed by atoms with Gasteiger partial charge in [-0.25, -0.2) is 4.79 Å². The third kappa shape index (κ3) is 3.84. The monoisotopic (exact) mass is 288 g/mol. The number of ether oxygens (including phenoxy) is 1. The molecule has 0 unspecified atom stereocenters. The van der Waals surface area contributed by atoms with E-state index in [2.05, 4.69) is 5.32 Å². The lowest BCUT2D eigenvalue weighted by Crippen LogP contribution is -2.25. The number of hydrogen-bond donors (Lipinski definition) is 1. The predicted octanol–water partition coefficient (Wildman–Crippen LogP) is 2.62. The summed E-state index contributed by atoms with van der Waals surface area (Å²) in [4.78, 5) is 25.0. The summed E-state index contributed by atoms with van der Waals surface area (Å²) in [5.74, 6) is -0.0668. The van der Waals surface area contributed by atoms with Crippen molar-refractivity contribution in [2.24, 2.45) is 0 Å². The number of carbonyl (C=O) groups is 2. The Bertz CT molecular complexity index is 566. The normalized spacial score (nSPS) is 15.0. The van der Waals surface area contributed by atoms with Gasteiger partial charge in [-0.1, -0.05) is 25.1 Å². The second kappa shape index (κ2) is 6.92. The van der Waals surface area contributed by atoms with Crippen molar-refractivity contribution in [3.8, 4) is 0 Å². The molecule has 1 saturated heterocycles. The standard InChI is InChI=1S/C16H20N2O3/c1-3-5-12(2)15(19)17-11-13-6-4-7-14(10-13)18-8-9-21-16(18)20/h4-7,10H,3,8-9,11H2,1-2H3,(H,17,19). The molecule has 1 heterocycles. The van der Waals surface area contributed by atoms with E-state index in [1.165, 1.54) is 0 Å². The summed E-state index contributed by atoms with van der Waals surface area (Å²) < 4.78 is 4.93. The largest absolute Gasteiger partial charge is 0.447 e. The van der Waals surface area contributed by atoms with Crippen LogP contribution in [-0.2, 0) is 16.1 Å². The highest BCUT2D eigenvalue weighted by Gasteiger charge is 2.23. The molecule has 1 N–H and O–H groups in total. The molecule has 1 fully saturated rings. The summed E-state index contributed by atoms with van der Waals surface area (Å²) in [6, 6.07) is 7.55. The third-order valence-electron chi connectivity index (χ3n) is 3.30. The maximum Gasteiger partial charge on any atom is 0.414 e. The first-order valence-corrected chi connectivity index (χ1v) is 7.10. The van der Waals surface area contributed by atoms with Crippen molar-refractivity contribution in [2.45, 2.75) is 26.8 Å². The molecule has 0 spiro atoms. The van der Waals surface area contributed by atoms with Gasteiger partial charge in [0, 0.05) is 17.8 Å². The molecule has 0 radical (unpaired) electrons. The Labute approximate surface area is 124 Å². The minimum Gasteiger partial charge on any atom is -0.447 e. The smallest absolute Gasteiger partial charge is 0.414 e. The van der Waals surface area contributed by atoms with Gasteiger partial charge in [-0.15, -0.1) is 0 Å². The molecular formula is C16H20N2O3. The number of carbonyl (C=O) groups excluding carboxylic acids is 2. The lowest BCUT2D eigenvalue weighted by molar-refractivity contribution is -0.117. The highest BCUT2D eigenvalue weighted by molar-refractivity contribution is 5.92. The Morgan fingerprint density at radius 1 is 1.48 bits per heavy atom. The van der Waals surface area contributed by atoms with Gasteiger partial charge in [0.15, 0.2) is 0 Å². The molecule has 1 aromatic rings. The number of nitrogens with zero attached hydrogens (tertiary/aromatic N) is 1. The van der Waals surface area contributed by atoms with E-state index in [0.717, 1.165) is 23.2 Å². The van der Waals surface area contributed by atoms with Gasteiger partial charge in [-0.05, 0) is 31.0 Å². The second-order valence-electron chi connectivity index (χ2n) is 4.91. The van der Waals surface area contributed by atoms with Crippen molar-refractivity contribution in [3.05, 3.63) is 41.5 Å². The van der Waals surface area contributed by atoms with Crippen LogP contribution < -0.4 is 10.2 Å². The molecule has 1 aliphatic rings.